The van der Waals surface area contributed by atoms with E-state index in [1.165, 1.54) is 0 Å². The summed E-state index contributed by atoms with van der Waals surface area (Å²) in [6, 6.07) is 38.9. The number of ketones is 4. The van der Waals surface area contributed by atoms with Crippen molar-refractivity contribution in [1.29, 1.82) is 0 Å². The molecule has 0 bridgehead atoms. The fourth-order valence-corrected chi connectivity index (χ4v) is 8.10. The van der Waals surface area contributed by atoms with Gasteiger partial charge in [-0.2, -0.15) is 0 Å². The Morgan fingerprint density at radius 2 is 0.886 bits per heavy atom. The zero-order valence-corrected chi connectivity index (χ0v) is 23.9. The maximum Gasteiger partial charge on any atom is 0.197 e. The summed E-state index contributed by atoms with van der Waals surface area (Å²) in [5.41, 5.74) is 0.368. The minimum absolute atomic E-state index is 0.301. The molecular weight excluding hydrogens is 546 g/mol. The molecule has 1 aliphatic heterocycles. The lowest BCUT2D eigenvalue weighted by molar-refractivity contribution is 0.0619. The van der Waals surface area contributed by atoms with Crippen LogP contribution >= 0.6 is 0 Å². The first-order valence-electron chi connectivity index (χ1n) is 14.8. The number of aryl methyl sites for hydroxylation is 1. The van der Waals surface area contributed by atoms with Gasteiger partial charge in [0, 0.05) is 33.9 Å². The number of nitrogens with zero attached hydrogens (tertiary/aromatic N) is 1. The van der Waals surface area contributed by atoms with Crippen LogP contribution in [0, 0.1) is 12.3 Å². The molecule has 212 valence electrons. The van der Waals surface area contributed by atoms with E-state index < -0.39 is 34.5 Å². The molecule has 2 unspecified atom stereocenters. The average molecular weight is 574 g/mol. The number of fused-ring (bicyclic) bond motifs is 2. The molecule has 0 aromatic heterocycles. The summed E-state index contributed by atoms with van der Waals surface area (Å²) in [5.74, 6) is -2.66. The molecular formula is C39H27NO4. The van der Waals surface area contributed by atoms with Crippen LogP contribution < -0.4 is 4.90 Å². The normalized spacial score (nSPS) is 20.9. The maximum absolute atomic E-state index is 15.2. The highest BCUT2D eigenvalue weighted by Gasteiger charge is 2.80. The molecule has 5 nitrogen and oxygen atoms in total. The third-order valence-corrected chi connectivity index (χ3v) is 9.78. The van der Waals surface area contributed by atoms with Crippen LogP contribution in [0.4, 0.5) is 5.69 Å². The number of Topliss-reactive ketones (excluding diaryl/α,β-unsaturated/α-hetero) is 4. The van der Waals surface area contributed by atoms with Crippen molar-refractivity contribution in [3.05, 3.63) is 172 Å². The zero-order valence-electron chi connectivity index (χ0n) is 23.9. The van der Waals surface area contributed by atoms with Gasteiger partial charge in [-0.15, -0.1) is 0 Å². The van der Waals surface area contributed by atoms with Crippen LogP contribution in [-0.2, 0) is 0 Å². The van der Waals surface area contributed by atoms with Crippen molar-refractivity contribution in [3.63, 3.8) is 0 Å². The molecule has 5 aromatic carbocycles. The summed E-state index contributed by atoms with van der Waals surface area (Å²) in [5, 5.41) is 0. The van der Waals surface area contributed by atoms with Crippen molar-refractivity contribution in [2.45, 2.75) is 24.4 Å². The van der Waals surface area contributed by atoms with E-state index in [2.05, 4.69) is 0 Å². The van der Waals surface area contributed by atoms with Gasteiger partial charge in [-0.3, -0.25) is 19.2 Å². The molecule has 1 fully saturated rings. The summed E-state index contributed by atoms with van der Waals surface area (Å²) >= 11 is 0. The first kappa shape index (κ1) is 26.2. The van der Waals surface area contributed by atoms with Crippen molar-refractivity contribution in [2.75, 3.05) is 4.90 Å². The second-order valence-corrected chi connectivity index (χ2v) is 11.9. The SMILES string of the molecule is Cc1ccc(N2C(c3ccccc3)C3(C(=O)c4ccccc4C3=O)C(c3ccccc3)C23C(=O)c2ccccc2C3=O)cc1. The predicted molar refractivity (Wildman–Crippen MR) is 167 cm³/mol. The van der Waals surface area contributed by atoms with E-state index in [1.54, 1.807) is 48.5 Å². The van der Waals surface area contributed by atoms with Gasteiger partial charge >= 0.3 is 0 Å². The van der Waals surface area contributed by atoms with Crippen LogP contribution in [0.1, 0.15) is 70.1 Å². The highest BCUT2D eigenvalue weighted by molar-refractivity contribution is 6.39. The van der Waals surface area contributed by atoms with Crippen molar-refractivity contribution in [1.82, 2.24) is 0 Å². The molecule has 1 heterocycles. The minimum atomic E-state index is -1.91. The molecule has 1 saturated heterocycles. The average Bonchev–Trinajstić information content (AvgIpc) is 3.57. The topological polar surface area (TPSA) is 71.5 Å². The fraction of sp³-hybridized carbons (Fsp3) is 0.128. The number of rotatable bonds is 3. The molecule has 0 amide bonds. The van der Waals surface area contributed by atoms with Crippen LogP contribution in [-0.4, -0.2) is 28.7 Å². The lowest BCUT2D eigenvalue weighted by Crippen LogP contribution is -2.57. The van der Waals surface area contributed by atoms with Gasteiger partial charge in [-0.25, -0.2) is 0 Å². The minimum Gasteiger partial charge on any atom is -0.343 e. The number of hydrogen-bond donors (Lipinski definition) is 0. The highest BCUT2D eigenvalue weighted by atomic mass is 16.2. The molecule has 5 aromatic rings. The van der Waals surface area contributed by atoms with E-state index in [-0.39, 0.29) is 11.6 Å². The van der Waals surface area contributed by atoms with Gasteiger partial charge in [0.1, 0.15) is 5.41 Å². The molecule has 2 aliphatic carbocycles. The summed E-state index contributed by atoms with van der Waals surface area (Å²) < 4.78 is 0. The molecule has 3 aliphatic rings. The largest absolute Gasteiger partial charge is 0.343 e. The Balaban J connectivity index is 1.58. The Morgan fingerprint density at radius 3 is 1.36 bits per heavy atom. The van der Waals surface area contributed by atoms with E-state index in [0.29, 0.717) is 39.1 Å². The summed E-state index contributed by atoms with van der Waals surface area (Å²) in [6.07, 6.45) is 0. The highest BCUT2D eigenvalue weighted by Crippen LogP contribution is 2.69. The molecule has 2 spiro atoms. The Morgan fingerprint density at radius 1 is 0.477 bits per heavy atom. The second kappa shape index (κ2) is 9.29. The van der Waals surface area contributed by atoms with Gasteiger partial charge in [0.2, 0.25) is 0 Å². The maximum atomic E-state index is 15.2. The van der Waals surface area contributed by atoms with E-state index in [1.807, 2.05) is 96.8 Å². The number of hydrogen-bond acceptors (Lipinski definition) is 5. The van der Waals surface area contributed by atoms with Crippen LogP contribution in [0.2, 0.25) is 0 Å². The van der Waals surface area contributed by atoms with Crippen molar-refractivity contribution in [2.24, 2.45) is 5.41 Å². The number of benzene rings is 5. The molecule has 8 rings (SSSR count). The van der Waals surface area contributed by atoms with Gasteiger partial charge < -0.3 is 4.90 Å². The van der Waals surface area contributed by atoms with Crippen molar-refractivity contribution >= 4 is 28.8 Å². The lowest BCUT2D eigenvalue weighted by atomic mass is 9.60. The molecule has 2 atom stereocenters. The summed E-state index contributed by atoms with van der Waals surface area (Å²) in [6.45, 7) is 1.97. The first-order chi connectivity index (χ1) is 21.4. The number of carbonyl (C=O) groups is 4. The zero-order chi connectivity index (χ0) is 30.2. The lowest BCUT2D eigenvalue weighted by Gasteiger charge is -2.40. The fourth-order valence-electron chi connectivity index (χ4n) is 8.10. The van der Waals surface area contributed by atoms with E-state index in [9.17, 15) is 0 Å². The first-order valence-corrected chi connectivity index (χ1v) is 14.8. The quantitative estimate of drug-likeness (QED) is 0.213. The molecule has 0 N–H and O–H groups in total. The van der Waals surface area contributed by atoms with Crippen molar-refractivity contribution in [3.8, 4) is 0 Å². The van der Waals surface area contributed by atoms with Gasteiger partial charge in [-0.05, 0) is 30.2 Å². The molecule has 0 radical (unpaired) electrons. The van der Waals surface area contributed by atoms with Crippen molar-refractivity contribution < 1.29 is 19.2 Å². The summed E-state index contributed by atoms with van der Waals surface area (Å²) in [4.78, 5) is 62.6. The number of anilines is 1. The molecule has 5 heteroatoms. The Bertz CT molecular complexity index is 1940. The second-order valence-electron chi connectivity index (χ2n) is 11.9. The predicted octanol–water partition coefficient (Wildman–Crippen LogP) is 7.22. The van der Waals surface area contributed by atoms with Crippen LogP contribution in [0.3, 0.4) is 0 Å². The van der Waals surface area contributed by atoms with Crippen LogP contribution in [0.15, 0.2) is 133 Å². The third-order valence-electron chi connectivity index (χ3n) is 9.78. The Hall–Kier alpha value is -5.42. The third kappa shape index (κ3) is 3.08. The smallest absolute Gasteiger partial charge is 0.197 e. The Labute approximate surface area is 254 Å². The number of carbonyl (C=O) groups excluding carboxylic acids is 4. The standard InChI is InChI=1S/C39H27NO4/c1-24-20-22-27(23-21-24)40-33(26-14-6-3-7-15-26)38(34(41)28-16-8-9-17-29(28)35(38)42)32(25-12-4-2-5-13-25)39(40)36(43)30-18-10-11-19-31(30)37(39)44/h2-23,32-33H,1H3. The van der Waals surface area contributed by atoms with E-state index in [4.69, 9.17) is 0 Å². The van der Waals surface area contributed by atoms with Gasteiger partial charge in [0.05, 0.1) is 6.04 Å². The van der Waals surface area contributed by atoms with E-state index in [0.717, 1.165) is 5.56 Å². The molecule has 0 saturated carbocycles. The van der Waals surface area contributed by atoms with Gasteiger partial charge in [-0.1, -0.05) is 127 Å². The molecule has 44 heavy (non-hydrogen) atoms. The Kier molecular flexibility index (Phi) is 5.54. The van der Waals surface area contributed by atoms with Gasteiger partial charge in [0.25, 0.3) is 0 Å². The van der Waals surface area contributed by atoms with Crippen LogP contribution in [0.25, 0.3) is 0 Å². The summed E-state index contributed by atoms with van der Waals surface area (Å²) in [7, 11) is 0. The van der Waals surface area contributed by atoms with E-state index >= 15 is 19.2 Å². The van der Waals surface area contributed by atoms with Gasteiger partial charge in [0.15, 0.2) is 28.7 Å². The monoisotopic (exact) mass is 573 g/mol. The van der Waals surface area contributed by atoms with Crippen LogP contribution in [0.5, 0.6) is 0 Å².